The molecule has 2 aromatic rings. The third-order valence-corrected chi connectivity index (χ3v) is 3.80. The van der Waals surface area contributed by atoms with E-state index in [1.807, 2.05) is 12.1 Å². The van der Waals surface area contributed by atoms with Crippen LogP contribution in [0, 0.1) is 0 Å². The Labute approximate surface area is 149 Å². The number of carbonyl (C=O) groups is 1. The molecule has 0 radical (unpaired) electrons. The van der Waals surface area contributed by atoms with Crippen molar-refractivity contribution in [3.63, 3.8) is 0 Å². The molecule has 0 unspecified atom stereocenters. The number of hydrazone groups is 1. The Kier molecular flexibility index (Phi) is 7.02. The zero-order chi connectivity index (χ0) is 18.1. The average Bonchev–Trinajstić information content (AvgIpc) is 3.05. The maximum absolute atomic E-state index is 11.3. The number of para-hydroxylation sites is 1. The summed E-state index contributed by atoms with van der Waals surface area (Å²) in [5.74, 6) is 0.304. The van der Waals surface area contributed by atoms with Crippen LogP contribution in [0.3, 0.4) is 0 Å². The molecule has 1 aromatic heterocycles. The van der Waals surface area contributed by atoms with Crippen molar-refractivity contribution in [2.24, 2.45) is 5.10 Å². The second-order valence-electron chi connectivity index (χ2n) is 4.78. The molecule has 0 saturated heterocycles. The Bertz CT molecular complexity index is 760. The molecule has 0 aliphatic rings. The lowest BCUT2D eigenvalue weighted by Gasteiger charge is -2.04. The second kappa shape index (κ2) is 9.48. The smallest absolute Gasteiger partial charge is 0.316 e. The van der Waals surface area contributed by atoms with Crippen LogP contribution in [0.15, 0.2) is 41.1 Å². The van der Waals surface area contributed by atoms with Crippen molar-refractivity contribution in [1.82, 2.24) is 15.2 Å². The van der Waals surface area contributed by atoms with Crippen LogP contribution in [0.1, 0.15) is 18.1 Å². The number of nitrogens with one attached hydrogen (secondary N) is 2. The van der Waals surface area contributed by atoms with Crippen molar-refractivity contribution in [1.29, 1.82) is 0 Å². The van der Waals surface area contributed by atoms with Crippen molar-refractivity contribution in [3.8, 4) is 5.75 Å². The summed E-state index contributed by atoms with van der Waals surface area (Å²) in [6, 6.07) is 5.40. The highest BCUT2D eigenvalue weighted by Gasteiger charge is 2.08. The normalized spacial score (nSPS) is 10.8. The zero-order valence-corrected chi connectivity index (χ0v) is 14.5. The van der Waals surface area contributed by atoms with Crippen LogP contribution in [0.25, 0.3) is 0 Å². The number of anilines is 1. The highest BCUT2D eigenvalue weighted by atomic mass is 32.2. The Morgan fingerprint density at radius 1 is 1.56 bits per heavy atom. The van der Waals surface area contributed by atoms with Gasteiger partial charge in [-0.1, -0.05) is 30.0 Å². The first-order valence-electron chi connectivity index (χ1n) is 7.55. The summed E-state index contributed by atoms with van der Waals surface area (Å²) in [4.78, 5) is 15.4. The van der Waals surface area contributed by atoms with Gasteiger partial charge in [0.05, 0.1) is 18.6 Å². The molecule has 0 atom stereocenters. The third kappa shape index (κ3) is 5.64. The number of hydrogen-bond donors (Lipinski definition) is 3. The molecule has 0 amide bonds. The molecule has 8 nitrogen and oxygen atoms in total. The van der Waals surface area contributed by atoms with Crippen LogP contribution < -0.4 is 5.43 Å². The van der Waals surface area contributed by atoms with Crippen LogP contribution in [0.4, 0.5) is 5.95 Å². The summed E-state index contributed by atoms with van der Waals surface area (Å²) in [6.45, 7) is 5.75. The van der Waals surface area contributed by atoms with Crippen molar-refractivity contribution in [2.45, 2.75) is 18.5 Å². The van der Waals surface area contributed by atoms with Gasteiger partial charge in [0.2, 0.25) is 11.1 Å². The molecule has 0 fully saturated rings. The Morgan fingerprint density at radius 3 is 3.16 bits per heavy atom. The first kappa shape index (κ1) is 18.5. The number of phenolic OH excluding ortho intramolecular Hbond substituents is 1. The summed E-state index contributed by atoms with van der Waals surface area (Å²) in [7, 11) is 0. The number of ether oxygens (including phenoxy) is 1. The number of thioether (sulfide) groups is 1. The molecular weight excluding hydrogens is 342 g/mol. The molecule has 0 bridgehead atoms. The molecule has 0 aliphatic carbocycles. The fourth-order valence-corrected chi connectivity index (χ4v) is 2.48. The van der Waals surface area contributed by atoms with Crippen molar-refractivity contribution < 1.29 is 14.6 Å². The molecule has 1 heterocycles. The van der Waals surface area contributed by atoms with E-state index in [4.69, 9.17) is 4.74 Å². The lowest BCUT2D eigenvalue weighted by molar-refractivity contribution is -0.139. The first-order chi connectivity index (χ1) is 12.1. The first-order valence-corrected chi connectivity index (χ1v) is 8.54. The van der Waals surface area contributed by atoms with E-state index >= 15 is 0 Å². The van der Waals surface area contributed by atoms with Gasteiger partial charge in [0, 0.05) is 5.56 Å². The number of carbonyl (C=O) groups excluding carboxylic acids is 1. The van der Waals surface area contributed by atoms with Gasteiger partial charge in [-0.25, -0.2) is 10.5 Å². The quantitative estimate of drug-likeness (QED) is 0.207. The van der Waals surface area contributed by atoms with Crippen molar-refractivity contribution in [3.05, 3.63) is 42.0 Å². The summed E-state index contributed by atoms with van der Waals surface area (Å²) < 4.78 is 4.83. The third-order valence-electron chi connectivity index (χ3n) is 2.98. The molecule has 25 heavy (non-hydrogen) atoms. The fraction of sp³-hybridized carbons (Fsp3) is 0.250. The molecule has 0 saturated carbocycles. The van der Waals surface area contributed by atoms with Crippen molar-refractivity contribution in [2.75, 3.05) is 17.8 Å². The number of hydrogen-bond acceptors (Lipinski definition) is 8. The van der Waals surface area contributed by atoms with Gasteiger partial charge in [0.25, 0.3) is 0 Å². The monoisotopic (exact) mass is 361 g/mol. The molecule has 0 aliphatic heterocycles. The van der Waals surface area contributed by atoms with Crippen LogP contribution in [0.5, 0.6) is 5.75 Å². The van der Waals surface area contributed by atoms with Gasteiger partial charge in [0.1, 0.15) is 5.75 Å². The minimum atomic E-state index is -0.320. The number of esters is 1. The fourth-order valence-electron chi connectivity index (χ4n) is 1.89. The number of nitrogens with zero attached hydrogens (tertiary/aromatic N) is 3. The van der Waals surface area contributed by atoms with Crippen LogP contribution in [-0.4, -0.2) is 44.8 Å². The van der Waals surface area contributed by atoms with E-state index in [1.54, 1.807) is 19.1 Å². The Hall–Kier alpha value is -2.81. The zero-order valence-electron chi connectivity index (χ0n) is 13.7. The number of aromatic hydroxyl groups is 1. The molecule has 0 spiro atoms. The molecule has 2 rings (SSSR count). The van der Waals surface area contributed by atoms with Crippen LogP contribution in [0.2, 0.25) is 0 Å². The van der Waals surface area contributed by atoms with Crippen LogP contribution >= 0.6 is 11.8 Å². The Balaban J connectivity index is 1.91. The Morgan fingerprint density at radius 2 is 2.40 bits per heavy atom. The number of aromatic amines is 1. The van der Waals surface area contributed by atoms with E-state index in [1.165, 1.54) is 6.21 Å². The van der Waals surface area contributed by atoms with E-state index in [0.717, 1.165) is 17.3 Å². The summed E-state index contributed by atoms with van der Waals surface area (Å²) in [5.41, 5.74) is 4.03. The molecule has 132 valence electrons. The predicted molar refractivity (Wildman–Crippen MR) is 97.0 cm³/mol. The van der Waals surface area contributed by atoms with E-state index in [0.29, 0.717) is 29.7 Å². The van der Waals surface area contributed by atoms with Gasteiger partial charge in [-0.15, -0.1) is 11.7 Å². The number of rotatable bonds is 9. The molecule has 1 aromatic carbocycles. The van der Waals surface area contributed by atoms with Crippen LogP contribution in [-0.2, 0) is 16.0 Å². The lowest BCUT2D eigenvalue weighted by Crippen LogP contribution is -2.06. The number of aromatic nitrogens is 3. The van der Waals surface area contributed by atoms with Gasteiger partial charge in [-0.2, -0.15) is 10.1 Å². The minimum absolute atomic E-state index is 0.137. The average molecular weight is 361 g/mol. The maximum atomic E-state index is 11.3. The van der Waals surface area contributed by atoms with Gasteiger partial charge in [-0.05, 0) is 25.0 Å². The molecule has 3 N–H and O–H groups in total. The highest BCUT2D eigenvalue weighted by molar-refractivity contribution is 7.99. The summed E-state index contributed by atoms with van der Waals surface area (Å²) >= 11 is 1.16. The van der Waals surface area contributed by atoms with E-state index in [9.17, 15) is 9.90 Å². The largest absolute Gasteiger partial charge is 0.507 e. The molecule has 9 heteroatoms. The van der Waals surface area contributed by atoms with Gasteiger partial charge < -0.3 is 9.84 Å². The summed E-state index contributed by atoms with van der Waals surface area (Å²) in [5, 5.41) is 21.2. The lowest BCUT2D eigenvalue weighted by atomic mass is 10.1. The van der Waals surface area contributed by atoms with Crippen molar-refractivity contribution >= 4 is 29.9 Å². The number of allylic oxidation sites excluding steroid dienone is 1. The number of H-pyrrole nitrogens is 1. The highest BCUT2D eigenvalue weighted by Crippen LogP contribution is 2.21. The van der Waals surface area contributed by atoms with E-state index in [-0.39, 0.29) is 17.5 Å². The van der Waals surface area contributed by atoms with Gasteiger partial charge in [-0.3, -0.25) is 4.79 Å². The second-order valence-corrected chi connectivity index (χ2v) is 5.72. The van der Waals surface area contributed by atoms with E-state index in [2.05, 4.69) is 32.3 Å². The topological polar surface area (TPSA) is 112 Å². The minimum Gasteiger partial charge on any atom is -0.507 e. The SMILES string of the molecule is C=CCc1cccc(/C=N/Nc2nc(SCC(=O)OCC)n[nH]2)c1O. The maximum Gasteiger partial charge on any atom is 0.316 e. The van der Waals surface area contributed by atoms with Gasteiger partial charge >= 0.3 is 5.97 Å². The number of phenols is 1. The number of benzene rings is 1. The predicted octanol–water partition coefficient (Wildman–Crippen LogP) is 2.34. The van der Waals surface area contributed by atoms with E-state index < -0.39 is 0 Å². The standard InChI is InChI=1S/C16H19N5O3S/c1-3-6-11-7-5-8-12(14(11)23)9-17-19-15-18-16(21-20-15)25-10-13(22)24-4-2/h3,5,7-9,23H,1,4,6,10H2,2H3,(H2,18,19,20,21)/b17-9+. The summed E-state index contributed by atoms with van der Waals surface area (Å²) in [6.07, 6.45) is 3.78. The van der Waals surface area contributed by atoms with Gasteiger partial charge in [0.15, 0.2) is 0 Å². The molecular formula is C16H19N5O3S.